The van der Waals surface area contributed by atoms with Crippen molar-refractivity contribution in [1.29, 1.82) is 0 Å². The summed E-state index contributed by atoms with van der Waals surface area (Å²) in [7, 11) is 0. The van der Waals surface area contributed by atoms with Gasteiger partial charge in [0.15, 0.2) is 0 Å². The van der Waals surface area contributed by atoms with Crippen molar-refractivity contribution in [2.24, 2.45) is 11.5 Å². The Morgan fingerprint density at radius 1 is 1.54 bits per heavy atom. The molecule has 0 aliphatic heterocycles. The normalized spacial score (nSPS) is 12.5. The van der Waals surface area contributed by atoms with Gasteiger partial charge < -0.3 is 11.5 Å². The van der Waals surface area contributed by atoms with Crippen LogP contribution in [0.1, 0.15) is 11.6 Å². The Hall–Kier alpha value is -0.580. The second-order valence-corrected chi connectivity index (χ2v) is 3.84. The van der Waals surface area contributed by atoms with E-state index < -0.39 is 11.9 Å². The SMILES string of the molecule is NC(=O)C(N)c1ccc(Cl)cc1Br. The summed E-state index contributed by atoms with van der Waals surface area (Å²) in [5.41, 5.74) is 11.2. The molecule has 0 spiro atoms. The summed E-state index contributed by atoms with van der Waals surface area (Å²) in [5, 5.41) is 0.576. The van der Waals surface area contributed by atoms with Crippen LogP contribution in [0.3, 0.4) is 0 Å². The van der Waals surface area contributed by atoms with Crippen LogP contribution in [0.15, 0.2) is 22.7 Å². The molecule has 1 aromatic rings. The van der Waals surface area contributed by atoms with E-state index in [2.05, 4.69) is 15.9 Å². The van der Waals surface area contributed by atoms with Crippen LogP contribution in [-0.2, 0) is 4.79 Å². The van der Waals surface area contributed by atoms with Gasteiger partial charge in [-0.25, -0.2) is 0 Å². The zero-order valence-corrected chi connectivity index (χ0v) is 8.97. The van der Waals surface area contributed by atoms with Gasteiger partial charge in [0.05, 0.1) is 0 Å². The van der Waals surface area contributed by atoms with E-state index in [0.29, 0.717) is 15.1 Å². The summed E-state index contributed by atoms with van der Waals surface area (Å²) in [6, 6.07) is 4.19. The van der Waals surface area contributed by atoms with Crippen molar-refractivity contribution in [3.8, 4) is 0 Å². The number of carbonyl (C=O) groups is 1. The average molecular weight is 264 g/mol. The Kier molecular flexibility index (Phi) is 3.30. The molecule has 1 unspecified atom stereocenters. The highest BCUT2D eigenvalue weighted by molar-refractivity contribution is 9.10. The van der Waals surface area contributed by atoms with Gasteiger partial charge in [0, 0.05) is 9.50 Å². The maximum atomic E-state index is 10.8. The van der Waals surface area contributed by atoms with Crippen molar-refractivity contribution in [1.82, 2.24) is 0 Å². The quantitative estimate of drug-likeness (QED) is 0.851. The Morgan fingerprint density at radius 3 is 2.62 bits per heavy atom. The number of hydrogen-bond acceptors (Lipinski definition) is 2. The molecule has 5 heteroatoms. The molecule has 70 valence electrons. The van der Waals surface area contributed by atoms with Crippen molar-refractivity contribution in [3.63, 3.8) is 0 Å². The molecule has 0 bridgehead atoms. The largest absolute Gasteiger partial charge is 0.368 e. The molecule has 1 rings (SSSR count). The fourth-order valence-corrected chi connectivity index (χ4v) is 1.84. The Morgan fingerprint density at radius 2 is 2.15 bits per heavy atom. The van der Waals surface area contributed by atoms with Crippen molar-refractivity contribution >= 4 is 33.4 Å². The van der Waals surface area contributed by atoms with E-state index in [1.165, 1.54) is 0 Å². The van der Waals surface area contributed by atoms with Crippen LogP contribution in [0.2, 0.25) is 5.02 Å². The summed E-state index contributed by atoms with van der Waals surface area (Å²) < 4.78 is 0.686. The number of primary amides is 1. The zero-order valence-electron chi connectivity index (χ0n) is 6.63. The van der Waals surface area contributed by atoms with Gasteiger partial charge in [0.1, 0.15) is 6.04 Å². The Bertz CT molecular complexity index is 343. The minimum atomic E-state index is -0.799. The monoisotopic (exact) mass is 262 g/mol. The van der Waals surface area contributed by atoms with Crippen LogP contribution in [0.25, 0.3) is 0 Å². The second-order valence-electron chi connectivity index (χ2n) is 2.55. The highest BCUT2D eigenvalue weighted by Gasteiger charge is 2.14. The summed E-state index contributed by atoms with van der Waals surface area (Å²) in [4.78, 5) is 10.8. The highest BCUT2D eigenvalue weighted by Crippen LogP contribution is 2.25. The minimum absolute atomic E-state index is 0.567. The number of halogens is 2. The summed E-state index contributed by atoms with van der Waals surface area (Å²) in [5.74, 6) is -0.567. The van der Waals surface area contributed by atoms with Crippen LogP contribution < -0.4 is 11.5 Å². The number of rotatable bonds is 2. The summed E-state index contributed by atoms with van der Waals surface area (Å²) in [6.45, 7) is 0. The molecule has 3 nitrogen and oxygen atoms in total. The van der Waals surface area contributed by atoms with Crippen molar-refractivity contribution in [3.05, 3.63) is 33.3 Å². The van der Waals surface area contributed by atoms with E-state index >= 15 is 0 Å². The molecule has 13 heavy (non-hydrogen) atoms. The van der Waals surface area contributed by atoms with Crippen LogP contribution in [0.4, 0.5) is 0 Å². The lowest BCUT2D eigenvalue weighted by molar-refractivity contribution is -0.119. The lowest BCUT2D eigenvalue weighted by atomic mass is 10.1. The van der Waals surface area contributed by atoms with Crippen LogP contribution in [-0.4, -0.2) is 5.91 Å². The predicted molar refractivity (Wildman–Crippen MR) is 55.3 cm³/mol. The van der Waals surface area contributed by atoms with Gasteiger partial charge in [-0.2, -0.15) is 0 Å². The predicted octanol–water partition coefficient (Wildman–Crippen LogP) is 1.59. The maximum absolute atomic E-state index is 10.8. The van der Waals surface area contributed by atoms with Crippen molar-refractivity contribution in [2.75, 3.05) is 0 Å². The maximum Gasteiger partial charge on any atom is 0.238 e. The Balaban J connectivity index is 3.08. The molecule has 1 atom stereocenters. The molecule has 1 aromatic carbocycles. The first-order valence-corrected chi connectivity index (χ1v) is 4.69. The molecule has 0 saturated carbocycles. The number of amides is 1. The third kappa shape index (κ3) is 2.43. The molecule has 0 saturated heterocycles. The first-order valence-electron chi connectivity index (χ1n) is 3.52. The molecule has 0 aliphatic carbocycles. The molecule has 0 radical (unpaired) electrons. The number of nitrogens with two attached hydrogens (primary N) is 2. The molecule has 0 fully saturated rings. The Labute approximate surface area is 89.2 Å². The first-order chi connectivity index (χ1) is 6.02. The van der Waals surface area contributed by atoms with Crippen LogP contribution in [0, 0.1) is 0 Å². The molecular weight excluding hydrogens is 255 g/mol. The smallest absolute Gasteiger partial charge is 0.238 e. The summed E-state index contributed by atoms with van der Waals surface area (Å²) in [6.07, 6.45) is 0. The average Bonchev–Trinajstić information content (AvgIpc) is 2.03. The van der Waals surface area contributed by atoms with Gasteiger partial charge in [-0.05, 0) is 17.7 Å². The highest BCUT2D eigenvalue weighted by atomic mass is 79.9. The molecule has 1 amide bonds. The standard InChI is InChI=1S/C8H8BrClN2O/c9-6-3-4(10)1-2-5(6)7(11)8(12)13/h1-3,7H,11H2,(H2,12,13). The minimum Gasteiger partial charge on any atom is -0.368 e. The van der Waals surface area contributed by atoms with E-state index in [0.717, 1.165) is 0 Å². The van der Waals surface area contributed by atoms with Crippen molar-refractivity contribution in [2.45, 2.75) is 6.04 Å². The van der Waals surface area contributed by atoms with Gasteiger partial charge in [-0.15, -0.1) is 0 Å². The van der Waals surface area contributed by atoms with E-state index in [1.54, 1.807) is 18.2 Å². The number of carbonyl (C=O) groups excluding carboxylic acids is 1. The molecule has 0 aliphatic rings. The van der Waals surface area contributed by atoms with Gasteiger partial charge in [-0.1, -0.05) is 33.6 Å². The number of hydrogen-bond donors (Lipinski definition) is 2. The molecular formula is C8H8BrClN2O. The van der Waals surface area contributed by atoms with Crippen LogP contribution >= 0.6 is 27.5 Å². The fourth-order valence-electron chi connectivity index (χ4n) is 0.907. The summed E-state index contributed by atoms with van der Waals surface area (Å²) >= 11 is 8.96. The topological polar surface area (TPSA) is 69.1 Å². The van der Waals surface area contributed by atoms with E-state index in [4.69, 9.17) is 23.1 Å². The third-order valence-electron chi connectivity index (χ3n) is 1.60. The van der Waals surface area contributed by atoms with Gasteiger partial charge >= 0.3 is 0 Å². The third-order valence-corrected chi connectivity index (χ3v) is 2.53. The van der Waals surface area contributed by atoms with E-state index in [9.17, 15) is 4.79 Å². The molecule has 0 heterocycles. The van der Waals surface area contributed by atoms with Gasteiger partial charge in [0.2, 0.25) is 5.91 Å². The van der Waals surface area contributed by atoms with Gasteiger partial charge in [-0.3, -0.25) is 4.79 Å². The molecule has 0 aromatic heterocycles. The van der Waals surface area contributed by atoms with Gasteiger partial charge in [0.25, 0.3) is 0 Å². The number of benzene rings is 1. The van der Waals surface area contributed by atoms with Crippen molar-refractivity contribution < 1.29 is 4.79 Å². The zero-order chi connectivity index (χ0) is 10.0. The molecule has 4 N–H and O–H groups in total. The lowest BCUT2D eigenvalue weighted by Crippen LogP contribution is -2.28. The lowest BCUT2D eigenvalue weighted by Gasteiger charge is -2.09. The first kappa shape index (κ1) is 10.5. The van der Waals surface area contributed by atoms with E-state index in [-0.39, 0.29) is 0 Å². The second kappa shape index (κ2) is 4.09. The fraction of sp³-hybridized carbons (Fsp3) is 0.125. The van der Waals surface area contributed by atoms with Crippen LogP contribution in [0.5, 0.6) is 0 Å². The van der Waals surface area contributed by atoms with E-state index in [1.807, 2.05) is 0 Å².